The molecule has 1 aliphatic heterocycles. The first kappa shape index (κ1) is 30.4. The van der Waals surface area contributed by atoms with Crippen molar-refractivity contribution < 1.29 is 19.0 Å². The van der Waals surface area contributed by atoms with Crippen LogP contribution in [0.25, 0.3) is 0 Å². The lowest BCUT2D eigenvalue weighted by molar-refractivity contribution is 0.0830. The van der Waals surface area contributed by atoms with E-state index in [4.69, 9.17) is 0 Å². The molecular formula is C30H42N4O4S2. The molecule has 2 heterocycles. The van der Waals surface area contributed by atoms with Gasteiger partial charge in [0.2, 0.25) is 0 Å². The van der Waals surface area contributed by atoms with Crippen molar-refractivity contribution in [1.29, 1.82) is 0 Å². The molecule has 218 valence electrons. The normalized spacial score (nSPS) is 17.2. The monoisotopic (exact) mass is 586 g/mol. The Morgan fingerprint density at radius 1 is 1.07 bits per heavy atom. The molecule has 3 aromatic rings. The average molecular weight is 587 g/mol. The fourth-order valence-corrected chi connectivity index (χ4v) is 7.43. The second kappa shape index (κ2) is 14.3. The molecule has 4 rings (SSSR count). The summed E-state index contributed by atoms with van der Waals surface area (Å²) in [5.74, 6) is 0.00332. The summed E-state index contributed by atoms with van der Waals surface area (Å²) < 4.78 is 23.0. The van der Waals surface area contributed by atoms with E-state index in [-0.39, 0.29) is 5.91 Å². The summed E-state index contributed by atoms with van der Waals surface area (Å²) in [6, 6.07) is 16.8. The summed E-state index contributed by atoms with van der Waals surface area (Å²) in [5.41, 5.74) is 3.94. The second-order valence-electron chi connectivity index (χ2n) is 10.2. The van der Waals surface area contributed by atoms with Crippen LogP contribution in [-0.4, -0.2) is 57.7 Å². The number of benzene rings is 2. The molecule has 2 atom stereocenters. The zero-order chi connectivity index (χ0) is 28.5. The van der Waals surface area contributed by atoms with Gasteiger partial charge in [-0.05, 0) is 73.4 Å². The zero-order valence-corrected chi connectivity index (χ0v) is 24.9. The lowest BCUT2D eigenvalue weighted by atomic mass is 10.00. The molecule has 1 fully saturated rings. The highest BCUT2D eigenvalue weighted by atomic mass is 32.3. The van der Waals surface area contributed by atoms with Gasteiger partial charge in [-0.2, -0.15) is 0 Å². The molecule has 1 aromatic heterocycles. The molecule has 6 N–H and O–H groups in total. The number of aryl methyl sites for hydroxylation is 1. The molecule has 2 aromatic carbocycles. The van der Waals surface area contributed by atoms with Gasteiger partial charge in [-0.15, -0.1) is 22.1 Å². The number of amides is 1. The highest BCUT2D eigenvalue weighted by molar-refractivity contribution is 8.25. The Bertz CT molecular complexity index is 1240. The average Bonchev–Trinajstić information content (AvgIpc) is 3.41. The molecule has 0 unspecified atom stereocenters. The van der Waals surface area contributed by atoms with Crippen molar-refractivity contribution >= 4 is 39.4 Å². The number of anilines is 2. The van der Waals surface area contributed by atoms with Crippen molar-refractivity contribution in [2.45, 2.75) is 58.2 Å². The Kier molecular flexibility index (Phi) is 10.9. The summed E-state index contributed by atoms with van der Waals surface area (Å²) in [4.78, 5) is 15.0. The van der Waals surface area contributed by atoms with Gasteiger partial charge in [-0.3, -0.25) is 18.2 Å². The first-order chi connectivity index (χ1) is 19.3. The molecule has 0 saturated carbocycles. The Morgan fingerprint density at radius 2 is 1.88 bits per heavy atom. The summed E-state index contributed by atoms with van der Waals surface area (Å²) in [7, 11) is -2.94. The number of nitrogens with zero attached hydrogens (tertiary/aromatic N) is 1. The van der Waals surface area contributed by atoms with Gasteiger partial charge in [-0.25, -0.2) is 0 Å². The third kappa shape index (κ3) is 8.22. The maximum absolute atomic E-state index is 13.6. The second-order valence-corrected chi connectivity index (χ2v) is 13.3. The van der Waals surface area contributed by atoms with E-state index in [2.05, 4.69) is 34.3 Å². The quantitative estimate of drug-likeness (QED) is 0.157. The Balaban J connectivity index is 1.52. The van der Waals surface area contributed by atoms with E-state index in [1.54, 1.807) is 27.8 Å². The van der Waals surface area contributed by atoms with Crippen LogP contribution in [0.4, 0.5) is 11.4 Å². The van der Waals surface area contributed by atoms with Crippen LogP contribution in [0.3, 0.4) is 0 Å². The standard InChI is InChI=1S/C30H42N4O4S2/c1-3-27-14-23(21-39-27)19-31-20-29(35)28(15-22-10-6-5-7-11-22)33-30(36)24-16-25(32-4-2)18-26(17-24)34-12-8-9-13-40(34,37)38/h5-7,10-11,14,16-18,21,28-29,31-32,35,37-38H,3-4,8-9,12-13,15,19-20H2,1-2H3,(H,33,36)/t28-,29-/m0/s1. The third-order valence-corrected chi connectivity index (χ3v) is 10.1. The smallest absolute Gasteiger partial charge is 0.251 e. The van der Waals surface area contributed by atoms with Gasteiger partial charge in [0.15, 0.2) is 0 Å². The van der Waals surface area contributed by atoms with Crippen LogP contribution in [0, 0.1) is 0 Å². The molecule has 0 aliphatic carbocycles. The zero-order valence-electron chi connectivity index (χ0n) is 23.3. The largest absolute Gasteiger partial charge is 0.390 e. The molecule has 0 spiro atoms. The van der Waals surface area contributed by atoms with Crippen LogP contribution in [0.2, 0.25) is 0 Å². The summed E-state index contributed by atoms with van der Waals surface area (Å²) >= 11 is 1.74. The molecule has 0 bridgehead atoms. The lowest BCUT2D eigenvalue weighted by Gasteiger charge is -2.47. The maximum atomic E-state index is 13.6. The molecular weight excluding hydrogens is 544 g/mol. The third-order valence-electron chi connectivity index (χ3n) is 7.05. The summed E-state index contributed by atoms with van der Waals surface area (Å²) in [6.45, 7) is 6.26. The molecule has 40 heavy (non-hydrogen) atoms. The van der Waals surface area contributed by atoms with Gasteiger partial charge >= 0.3 is 0 Å². The number of thiophene rings is 1. The highest BCUT2D eigenvalue weighted by Crippen LogP contribution is 2.50. The van der Waals surface area contributed by atoms with E-state index < -0.39 is 22.9 Å². The number of nitrogens with one attached hydrogen (secondary N) is 3. The highest BCUT2D eigenvalue weighted by Gasteiger charge is 2.28. The number of rotatable bonds is 13. The van der Waals surface area contributed by atoms with Gasteiger partial charge in [0.25, 0.3) is 5.91 Å². The minimum absolute atomic E-state index is 0.320. The molecule has 1 amide bonds. The molecule has 1 aliphatic rings. The van der Waals surface area contributed by atoms with E-state index in [9.17, 15) is 19.0 Å². The number of hydrogen-bond donors (Lipinski definition) is 6. The van der Waals surface area contributed by atoms with Gasteiger partial charge in [0.05, 0.1) is 23.6 Å². The van der Waals surface area contributed by atoms with Crippen LogP contribution in [0.15, 0.2) is 60.0 Å². The van der Waals surface area contributed by atoms with Crippen molar-refractivity contribution in [3.63, 3.8) is 0 Å². The SMILES string of the molecule is CCNc1cc(C(=O)N[C@@H](Cc2ccccc2)[C@@H](O)CNCc2csc(CC)c2)cc(N2CCCCS2(O)O)c1. The first-order valence-corrected chi connectivity index (χ1v) is 16.6. The number of hydrogen-bond acceptors (Lipinski definition) is 8. The van der Waals surface area contributed by atoms with Crippen molar-refractivity contribution in [2.75, 3.05) is 35.0 Å². The number of carbonyl (C=O) groups excluding carboxylic acids is 1. The van der Waals surface area contributed by atoms with Crippen molar-refractivity contribution in [2.24, 2.45) is 0 Å². The van der Waals surface area contributed by atoms with Crippen molar-refractivity contribution in [3.05, 3.63) is 81.5 Å². The topological polar surface area (TPSA) is 117 Å². The minimum atomic E-state index is -2.94. The van der Waals surface area contributed by atoms with E-state index in [1.807, 2.05) is 43.3 Å². The first-order valence-electron chi connectivity index (χ1n) is 14.0. The van der Waals surface area contributed by atoms with E-state index in [0.29, 0.717) is 49.6 Å². The van der Waals surface area contributed by atoms with Crippen molar-refractivity contribution in [1.82, 2.24) is 10.6 Å². The van der Waals surface area contributed by atoms with Crippen LogP contribution >= 0.6 is 22.1 Å². The predicted octanol–water partition coefficient (Wildman–Crippen LogP) is 5.50. The Labute approximate surface area is 243 Å². The van der Waals surface area contributed by atoms with Crippen LogP contribution in [-0.2, 0) is 19.4 Å². The summed E-state index contributed by atoms with van der Waals surface area (Å²) in [6.07, 6.45) is 2.27. The maximum Gasteiger partial charge on any atom is 0.251 e. The van der Waals surface area contributed by atoms with Gasteiger partial charge < -0.3 is 21.1 Å². The van der Waals surface area contributed by atoms with E-state index in [1.165, 1.54) is 10.4 Å². The molecule has 10 heteroatoms. The number of carbonyl (C=O) groups is 1. The van der Waals surface area contributed by atoms with Gasteiger partial charge in [0, 0.05) is 42.3 Å². The van der Waals surface area contributed by atoms with Gasteiger partial charge in [-0.1, -0.05) is 37.3 Å². The summed E-state index contributed by atoms with van der Waals surface area (Å²) in [5, 5.41) is 23.0. The Morgan fingerprint density at radius 3 is 2.58 bits per heavy atom. The van der Waals surface area contributed by atoms with E-state index >= 15 is 0 Å². The minimum Gasteiger partial charge on any atom is -0.390 e. The fourth-order valence-electron chi connectivity index (χ4n) is 4.91. The van der Waals surface area contributed by atoms with E-state index in [0.717, 1.165) is 30.5 Å². The molecule has 1 saturated heterocycles. The van der Waals surface area contributed by atoms with Crippen LogP contribution < -0.4 is 20.3 Å². The fraction of sp³-hybridized carbons (Fsp3) is 0.433. The molecule has 0 radical (unpaired) electrons. The van der Waals surface area contributed by atoms with Crippen LogP contribution in [0.5, 0.6) is 0 Å². The van der Waals surface area contributed by atoms with Crippen molar-refractivity contribution in [3.8, 4) is 0 Å². The Hall–Kier alpha value is -2.60. The number of aliphatic hydroxyl groups excluding tert-OH is 1. The lowest BCUT2D eigenvalue weighted by Crippen LogP contribution is -2.48. The molecule has 8 nitrogen and oxygen atoms in total. The van der Waals surface area contributed by atoms with Crippen LogP contribution in [0.1, 0.15) is 53.1 Å². The van der Waals surface area contributed by atoms with Gasteiger partial charge in [0.1, 0.15) is 0 Å². The predicted molar refractivity (Wildman–Crippen MR) is 168 cm³/mol. The number of aliphatic hydroxyl groups is 1.